The molecule has 8 aromatic carbocycles. The van der Waals surface area contributed by atoms with Crippen LogP contribution >= 0.6 is 0 Å². The van der Waals surface area contributed by atoms with E-state index < -0.39 is 0 Å². The van der Waals surface area contributed by atoms with E-state index in [9.17, 15) is 0 Å². The van der Waals surface area contributed by atoms with Crippen LogP contribution in [-0.4, -0.2) is 9.13 Å². The molecule has 0 saturated heterocycles. The van der Waals surface area contributed by atoms with Crippen molar-refractivity contribution >= 4 is 65.6 Å². The molecule has 3 heterocycles. The van der Waals surface area contributed by atoms with Gasteiger partial charge in [-0.2, -0.15) is 0 Å². The summed E-state index contributed by atoms with van der Waals surface area (Å²) in [6, 6.07) is 61.7. The third-order valence-corrected chi connectivity index (χ3v) is 11.3. The highest BCUT2D eigenvalue weighted by atomic mass is 16.3. The zero-order valence-corrected chi connectivity index (χ0v) is 29.5. The molecule has 3 aromatic heterocycles. The average Bonchev–Trinajstić information content (AvgIpc) is 3.85. The van der Waals surface area contributed by atoms with Gasteiger partial charge in [0.2, 0.25) is 0 Å². The van der Waals surface area contributed by atoms with E-state index in [2.05, 4.69) is 181 Å². The molecular formula is C50H34N2O. The summed E-state index contributed by atoms with van der Waals surface area (Å²) in [4.78, 5) is 0. The lowest BCUT2D eigenvalue weighted by Gasteiger charge is -2.16. The lowest BCUT2D eigenvalue weighted by Crippen LogP contribution is -1.99. The van der Waals surface area contributed by atoms with E-state index in [1.807, 2.05) is 12.1 Å². The summed E-state index contributed by atoms with van der Waals surface area (Å²) in [6.45, 7) is 4.45. The number of hydrogen-bond donors (Lipinski definition) is 0. The molecule has 0 fully saturated rings. The number of nitrogens with zero attached hydrogens (tertiary/aromatic N) is 2. The first-order valence-electron chi connectivity index (χ1n) is 18.3. The number of rotatable bonds is 4. The van der Waals surface area contributed by atoms with Crippen molar-refractivity contribution in [1.29, 1.82) is 0 Å². The molecule has 53 heavy (non-hydrogen) atoms. The summed E-state index contributed by atoms with van der Waals surface area (Å²) < 4.78 is 11.0. The highest BCUT2D eigenvalue weighted by Crippen LogP contribution is 2.40. The molecule has 0 atom stereocenters. The number of benzene rings is 8. The molecule has 0 spiro atoms. The van der Waals surface area contributed by atoms with E-state index >= 15 is 0 Å². The zero-order chi connectivity index (χ0) is 35.2. The maximum Gasteiger partial charge on any atom is 0.135 e. The van der Waals surface area contributed by atoms with Gasteiger partial charge in [-0.25, -0.2) is 0 Å². The fraction of sp³-hybridized carbons (Fsp3) is 0.0400. The van der Waals surface area contributed by atoms with Crippen molar-refractivity contribution in [2.45, 2.75) is 13.8 Å². The Hall–Kier alpha value is -6.84. The molecule has 0 radical (unpaired) electrons. The highest BCUT2D eigenvalue weighted by Gasteiger charge is 2.19. The topological polar surface area (TPSA) is 23.0 Å². The van der Waals surface area contributed by atoms with Crippen molar-refractivity contribution in [2.24, 2.45) is 0 Å². The molecule has 0 saturated carbocycles. The summed E-state index contributed by atoms with van der Waals surface area (Å²) in [5, 5.41) is 7.25. The molecular weight excluding hydrogens is 645 g/mol. The summed E-state index contributed by atoms with van der Waals surface area (Å²) in [7, 11) is 0. The molecule has 11 aromatic rings. The molecule has 0 N–H and O–H groups in total. The Kier molecular flexibility index (Phi) is 6.38. The smallest absolute Gasteiger partial charge is 0.135 e. The fourth-order valence-electron chi connectivity index (χ4n) is 8.73. The number of furan rings is 1. The van der Waals surface area contributed by atoms with Crippen LogP contribution in [0.5, 0.6) is 0 Å². The van der Waals surface area contributed by atoms with Crippen molar-refractivity contribution in [3.05, 3.63) is 181 Å². The summed E-state index contributed by atoms with van der Waals surface area (Å²) >= 11 is 0. The van der Waals surface area contributed by atoms with Crippen LogP contribution in [0.15, 0.2) is 174 Å². The quantitative estimate of drug-likeness (QED) is 0.182. The zero-order valence-electron chi connectivity index (χ0n) is 29.5. The maximum atomic E-state index is 6.17. The van der Waals surface area contributed by atoms with Crippen molar-refractivity contribution in [2.75, 3.05) is 0 Å². The minimum absolute atomic E-state index is 0.906. The summed E-state index contributed by atoms with van der Waals surface area (Å²) in [6.07, 6.45) is 0. The van der Waals surface area contributed by atoms with Crippen molar-refractivity contribution in [3.8, 4) is 33.6 Å². The number of para-hydroxylation sites is 3. The third-order valence-electron chi connectivity index (χ3n) is 11.3. The SMILES string of the molecule is Cc1ccccc1-c1cccc(-n2c3ccccc3c3cc(-c4ccc5c(c4)c4ccccc4n5-c4ccc5oc6ccccc6c5c4)ccc32)c1C. The van der Waals surface area contributed by atoms with Crippen LogP contribution in [0.4, 0.5) is 0 Å². The molecule has 0 aliphatic carbocycles. The molecule has 250 valence electrons. The van der Waals surface area contributed by atoms with Crippen LogP contribution in [0.1, 0.15) is 11.1 Å². The predicted molar refractivity (Wildman–Crippen MR) is 223 cm³/mol. The van der Waals surface area contributed by atoms with Gasteiger partial charge in [-0.1, -0.05) is 103 Å². The van der Waals surface area contributed by atoms with E-state index in [1.165, 1.54) is 82.7 Å². The second-order valence-electron chi connectivity index (χ2n) is 14.2. The van der Waals surface area contributed by atoms with Gasteiger partial charge in [0.25, 0.3) is 0 Å². The first-order chi connectivity index (χ1) is 26.1. The van der Waals surface area contributed by atoms with Gasteiger partial charge in [0.1, 0.15) is 11.2 Å². The van der Waals surface area contributed by atoms with Crippen molar-refractivity contribution < 1.29 is 4.42 Å². The molecule has 0 aliphatic rings. The molecule has 0 aliphatic heterocycles. The normalized spacial score (nSPS) is 12.0. The molecule has 0 amide bonds. The second-order valence-corrected chi connectivity index (χ2v) is 14.2. The van der Waals surface area contributed by atoms with Crippen LogP contribution in [0.3, 0.4) is 0 Å². The molecule has 3 nitrogen and oxygen atoms in total. The Bertz CT molecular complexity index is 3260. The fourth-order valence-corrected chi connectivity index (χ4v) is 8.73. The molecule has 3 heteroatoms. The lowest BCUT2D eigenvalue weighted by atomic mass is 9.95. The van der Waals surface area contributed by atoms with Gasteiger partial charge in [0, 0.05) is 43.7 Å². The molecule has 0 bridgehead atoms. The minimum atomic E-state index is 0.906. The maximum absolute atomic E-state index is 6.17. The van der Waals surface area contributed by atoms with Crippen LogP contribution in [-0.2, 0) is 0 Å². The van der Waals surface area contributed by atoms with E-state index in [0.29, 0.717) is 0 Å². The highest BCUT2D eigenvalue weighted by molar-refractivity contribution is 6.13. The van der Waals surface area contributed by atoms with E-state index in [-0.39, 0.29) is 0 Å². The van der Waals surface area contributed by atoms with Crippen LogP contribution in [0, 0.1) is 13.8 Å². The molecule has 11 rings (SSSR count). The Balaban J connectivity index is 1.08. The number of fused-ring (bicyclic) bond motifs is 9. The van der Waals surface area contributed by atoms with Crippen LogP contribution in [0.2, 0.25) is 0 Å². The van der Waals surface area contributed by atoms with E-state index in [0.717, 1.165) is 27.6 Å². The van der Waals surface area contributed by atoms with Crippen molar-refractivity contribution in [1.82, 2.24) is 9.13 Å². The van der Waals surface area contributed by atoms with Gasteiger partial charge >= 0.3 is 0 Å². The first kappa shape index (κ1) is 29.8. The number of aromatic nitrogens is 2. The van der Waals surface area contributed by atoms with Gasteiger partial charge < -0.3 is 13.6 Å². The van der Waals surface area contributed by atoms with Gasteiger partial charge in [-0.15, -0.1) is 0 Å². The number of hydrogen-bond acceptors (Lipinski definition) is 1. The Morgan fingerprint density at radius 1 is 0.377 bits per heavy atom. The molecule has 0 unspecified atom stereocenters. The summed E-state index contributed by atoms with van der Waals surface area (Å²) in [5.74, 6) is 0. The van der Waals surface area contributed by atoms with Crippen LogP contribution < -0.4 is 0 Å². The van der Waals surface area contributed by atoms with Gasteiger partial charge in [0.05, 0.1) is 22.1 Å². The summed E-state index contributed by atoms with van der Waals surface area (Å²) in [5.41, 5.74) is 16.5. The van der Waals surface area contributed by atoms with E-state index in [1.54, 1.807) is 0 Å². The van der Waals surface area contributed by atoms with Crippen molar-refractivity contribution in [3.63, 3.8) is 0 Å². The van der Waals surface area contributed by atoms with Crippen LogP contribution in [0.25, 0.3) is 99.2 Å². The lowest BCUT2D eigenvalue weighted by molar-refractivity contribution is 0.669. The van der Waals surface area contributed by atoms with E-state index in [4.69, 9.17) is 4.42 Å². The van der Waals surface area contributed by atoms with Gasteiger partial charge in [0.15, 0.2) is 0 Å². The second kappa shape index (κ2) is 11.3. The Morgan fingerprint density at radius 2 is 0.943 bits per heavy atom. The largest absolute Gasteiger partial charge is 0.456 e. The Morgan fingerprint density at radius 3 is 1.68 bits per heavy atom. The van der Waals surface area contributed by atoms with Gasteiger partial charge in [-0.3, -0.25) is 0 Å². The number of aryl methyl sites for hydroxylation is 1. The first-order valence-corrected chi connectivity index (χ1v) is 18.3. The monoisotopic (exact) mass is 678 g/mol. The predicted octanol–water partition coefficient (Wildman–Crippen LogP) is 13.7. The third kappa shape index (κ3) is 4.41. The minimum Gasteiger partial charge on any atom is -0.456 e. The van der Waals surface area contributed by atoms with Gasteiger partial charge in [-0.05, 0) is 114 Å². The standard InChI is InChI=1S/C50H34N2O/c1-31-12-3-4-13-36(31)37-17-11-20-44(32(37)2)52-46-19-9-6-15-39(46)42-29-34(23-26-48(42)52)33-22-25-47-41(28-33)38-14-5-8-18-45(38)51(47)35-24-27-50-43(30-35)40-16-7-10-21-49(40)53-50/h3-30H,1-2H3. The Labute approximate surface area is 306 Å². The average molecular weight is 679 g/mol.